The number of hydrogen-bond donors (Lipinski definition) is 0. The monoisotopic (exact) mass is 369 g/mol. The number of rotatable bonds is 4. The maximum absolute atomic E-state index is 6.20. The third-order valence-corrected chi connectivity index (χ3v) is 6.39. The Balaban J connectivity index is 1.30. The molecule has 1 fully saturated rings. The highest BCUT2D eigenvalue weighted by Gasteiger charge is 2.34. The van der Waals surface area contributed by atoms with Crippen LogP contribution in [0.5, 0.6) is 11.5 Å². The normalized spacial score (nSPS) is 17.6. The molecule has 0 radical (unpaired) electrons. The Hall–Kier alpha value is -2.58. The molecule has 0 amide bonds. The van der Waals surface area contributed by atoms with Crippen molar-refractivity contribution in [1.29, 1.82) is 0 Å². The summed E-state index contributed by atoms with van der Waals surface area (Å²) in [5, 5.41) is 0. The van der Waals surface area contributed by atoms with Crippen molar-refractivity contribution in [3.8, 4) is 11.5 Å². The van der Waals surface area contributed by atoms with Gasteiger partial charge in [0.2, 0.25) is 0 Å². The average molecular weight is 370 g/mol. The summed E-state index contributed by atoms with van der Waals surface area (Å²) in [7, 11) is 0. The lowest BCUT2D eigenvalue weighted by Crippen LogP contribution is -2.37. The second kappa shape index (κ2) is 7.81. The van der Waals surface area contributed by atoms with Crippen molar-refractivity contribution in [2.24, 2.45) is 5.92 Å². The van der Waals surface area contributed by atoms with Crippen molar-refractivity contribution >= 4 is 0 Å². The van der Waals surface area contributed by atoms with Crippen LogP contribution in [0.3, 0.4) is 0 Å². The molecule has 0 saturated carbocycles. The van der Waals surface area contributed by atoms with Gasteiger partial charge >= 0.3 is 0 Å². The Bertz CT molecular complexity index is 882. The van der Waals surface area contributed by atoms with Gasteiger partial charge in [-0.05, 0) is 56.0 Å². The van der Waals surface area contributed by atoms with Crippen LogP contribution in [-0.2, 0) is 6.42 Å². The average Bonchev–Trinajstić information content (AvgIpc) is 2.77. The van der Waals surface area contributed by atoms with E-state index < -0.39 is 0 Å². The van der Waals surface area contributed by atoms with E-state index in [-0.39, 0.29) is 0 Å². The number of fused-ring (bicyclic) bond motifs is 2. The first kappa shape index (κ1) is 17.5. The van der Waals surface area contributed by atoms with Crippen LogP contribution < -0.4 is 4.74 Å². The third kappa shape index (κ3) is 3.45. The van der Waals surface area contributed by atoms with E-state index in [2.05, 4.69) is 83.8 Å². The lowest BCUT2D eigenvalue weighted by Gasteiger charge is -2.39. The molecule has 0 atom stereocenters. The summed E-state index contributed by atoms with van der Waals surface area (Å²) in [6.07, 6.45) is 3.65. The lowest BCUT2D eigenvalue weighted by molar-refractivity contribution is 0.174. The van der Waals surface area contributed by atoms with Gasteiger partial charge in [-0.25, -0.2) is 0 Å². The van der Waals surface area contributed by atoms with Gasteiger partial charge in [0.05, 0.1) is 0 Å². The molecule has 2 nitrogen and oxygen atoms in total. The maximum atomic E-state index is 6.20. The molecule has 1 saturated heterocycles. The van der Waals surface area contributed by atoms with Crippen molar-refractivity contribution in [3.63, 3.8) is 0 Å². The summed E-state index contributed by atoms with van der Waals surface area (Å²) in [4.78, 5) is 2.64. The minimum absolute atomic E-state index is 0.456. The molecule has 3 aromatic rings. The van der Waals surface area contributed by atoms with Gasteiger partial charge in [0.1, 0.15) is 11.5 Å². The van der Waals surface area contributed by atoms with E-state index >= 15 is 0 Å². The predicted molar refractivity (Wildman–Crippen MR) is 114 cm³/mol. The molecule has 0 bridgehead atoms. The Kier molecular flexibility index (Phi) is 4.88. The smallest absolute Gasteiger partial charge is 0.131 e. The largest absolute Gasteiger partial charge is 0.457 e. The molecule has 0 aromatic heterocycles. The van der Waals surface area contributed by atoms with Crippen molar-refractivity contribution in [2.45, 2.75) is 25.2 Å². The van der Waals surface area contributed by atoms with E-state index in [1.54, 1.807) is 0 Å². The molecule has 142 valence electrons. The van der Waals surface area contributed by atoms with Crippen LogP contribution in [0, 0.1) is 5.92 Å². The van der Waals surface area contributed by atoms with E-state index in [0.29, 0.717) is 11.8 Å². The molecule has 0 unspecified atom stereocenters. The van der Waals surface area contributed by atoms with Crippen LogP contribution in [0.2, 0.25) is 0 Å². The zero-order valence-corrected chi connectivity index (χ0v) is 16.3. The van der Waals surface area contributed by atoms with E-state index in [1.807, 2.05) is 0 Å². The van der Waals surface area contributed by atoms with Gasteiger partial charge in [-0.1, -0.05) is 66.7 Å². The molecule has 28 heavy (non-hydrogen) atoms. The van der Waals surface area contributed by atoms with Crippen molar-refractivity contribution in [1.82, 2.24) is 4.90 Å². The van der Waals surface area contributed by atoms with Crippen LogP contribution in [0.25, 0.3) is 0 Å². The summed E-state index contributed by atoms with van der Waals surface area (Å²) >= 11 is 0. The van der Waals surface area contributed by atoms with Crippen LogP contribution in [0.15, 0.2) is 78.9 Å². The zero-order chi connectivity index (χ0) is 18.8. The number of likely N-dealkylation sites (tertiary alicyclic amines) is 1. The number of benzene rings is 3. The summed E-state index contributed by atoms with van der Waals surface area (Å²) in [6, 6.07) is 28.1. The topological polar surface area (TPSA) is 12.5 Å². The molecule has 2 aliphatic rings. The van der Waals surface area contributed by atoms with E-state index in [9.17, 15) is 0 Å². The lowest BCUT2D eigenvalue weighted by atomic mass is 9.74. The third-order valence-electron chi connectivity index (χ3n) is 6.39. The van der Waals surface area contributed by atoms with Gasteiger partial charge in [-0.15, -0.1) is 0 Å². The summed E-state index contributed by atoms with van der Waals surface area (Å²) in [5.74, 6) is 3.21. The SMILES string of the molecule is c1ccc(CCN2CCC(C3c4ccccc4Oc4ccccc43)CC2)cc1. The number of hydrogen-bond acceptors (Lipinski definition) is 2. The number of piperidine rings is 1. The Morgan fingerprint density at radius 3 is 1.93 bits per heavy atom. The molecule has 0 N–H and O–H groups in total. The van der Waals surface area contributed by atoms with Gasteiger partial charge in [0.25, 0.3) is 0 Å². The van der Waals surface area contributed by atoms with Crippen molar-refractivity contribution in [2.75, 3.05) is 19.6 Å². The molecule has 0 spiro atoms. The first-order valence-corrected chi connectivity index (χ1v) is 10.5. The van der Waals surface area contributed by atoms with Crippen LogP contribution >= 0.6 is 0 Å². The van der Waals surface area contributed by atoms with Crippen molar-refractivity contribution in [3.05, 3.63) is 95.6 Å². The fourth-order valence-electron chi connectivity index (χ4n) is 4.90. The zero-order valence-electron chi connectivity index (χ0n) is 16.3. The number of ether oxygens (including phenoxy) is 1. The molecule has 2 aliphatic heterocycles. The van der Waals surface area contributed by atoms with Gasteiger partial charge < -0.3 is 9.64 Å². The Morgan fingerprint density at radius 2 is 1.29 bits per heavy atom. The van der Waals surface area contributed by atoms with Crippen molar-refractivity contribution < 1.29 is 4.74 Å². The first-order chi connectivity index (χ1) is 13.9. The standard InChI is InChI=1S/C26H27NO/c1-2-8-20(9-3-1)14-17-27-18-15-21(16-19-27)26-22-10-4-6-12-24(22)28-25-13-7-5-11-23(25)26/h1-13,21,26H,14-19H2. The van der Waals surface area contributed by atoms with Crippen LogP contribution in [0.4, 0.5) is 0 Å². The summed E-state index contributed by atoms with van der Waals surface area (Å²) < 4.78 is 6.20. The van der Waals surface area contributed by atoms with Gasteiger partial charge in [0.15, 0.2) is 0 Å². The quantitative estimate of drug-likeness (QED) is 0.569. The van der Waals surface area contributed by atoms with Gasteiger partial charge in [0, 0.05) is 23.6 Å². The second-order valence-corrected chi connectivity index (χ2v) is 8.07. The Labute approximate surface area is 167 Å². The van der Waals surface area contributed by atoms with Crippen LogP contribution in [-0.4, -0.2) is 24.5 Å². The van der Waals surface area contributed by atoms with Crippen LogP contribution in [0.1, 0.15) is 35.4 Å². The second-order valence-electron chi connectivity index (χ2n) is 8.07. The number of nitrogens with zero attached hydrogens (tertiary/aromatic N) is 1. The number of para-hydroxylation sites is 2. The molecule has 3 aromatic carbocycles. The molecular formula is C26H27NO. The molecule has 2 heteroatoms. The highest BCUT2D eigenvalue weighted by atomic mass is 16.5. The fraction of sp³-hybridized carbons (Fsp3) is 0.308. The minimum atomic E-state index is 0.456. The fourth-order valence-corrected chi connectivity index (χ4v) is 4.90. The maximum Gasteiger partial charge on any atom is 0.131 e. The molecule has 0 aliphatic carbocycles. The minimum Gasteiger partial charge on any atom is -0.457 e. The highest BCUT2D eigenvalue weighted by Crippen LogP contribution is 2.49. The van der Waals surface area contributed by atoms with Gasteiger partial charge in [-0.3, -0.25) is 0 Å². The predicted octanol–water partition coefficient (Wildman–Crippen LogP) is 5.88. The van der Waals surface area contributed by atoms with E-state index in [4.69, 9.17) is 4.74 Å². The summed E-state index contributed by atoms with van der Waals surface area (Å²) in [5.41, 5.74) is 4.17. The molecular weight excluding hydrogens is 342 g/mol. The van der Waals surface area contributed by atoms with E-state index in [0.717, 1.165) is 24.5 Å². The molecule has 2 heterocycles. The summed E-state index contributed by atoms with van der Waals surface area (Å²) in [6.45, 7) is 3.55. The first-order valence-electron chi connectivity index (χ1n) is 10.5. The Morgan fingerprint density at radius 1 is 0.714 bits per heavy atom. The van der Waals surface area contributed by atoms with Gasteiger partial charge in [-0.2, -0.15) is 0 Å². The van der Waals surface area contributed by atoms with E-state index in [1.165, 1.54) is 42.6 Å². The highest BCUT2D eigenvalue weighted by molar-refractivity contribution is 5.53. The molecule has 5 rings (SSSR count).